The van der Waals surface area contributed by atoms with Crippen LogP contribution in [0.25, 0.3) is 11.1 Å². The van der Waals surface area contributed by atoms with Gasteiger partial charge in [0, 0.05) is 17.7 Å². The van der Waals surface area contributed by atoms with Gasteiger partial charge in [0.1, 0.15) is 6.61 Å². The highest BCUT2D eigenvalue weighted by Gasteiger charge is 2.27. The van der Waals surface area contributed by atoms with E-state index >= 15 is 0 Å². The highest BCUT2D eigenvalue weighted by molar-refractivity contribution is 6.27. The summed E-state index contributed by atoms with van der Waals surface area (Å²) in [6, 6.07) is 14.1. The number of esters is 1. The number of non-ortho nitro benzene ring substituents is 1. The van der Waals surface area contributed by atoms with Crippen molar-refractivity contribution in [2.45, 2.75) is 19.8 Å². The van der Waals surface area contributed by atoms with E-state index in [0.717, 1.165) is 24.0 Å². The van der Waals surface area contributed by atoms with Crippen LogP contribution >= 0.6 is 0 Å². The molecule has 0 N–H and O–H groups in total. The molecular weight excluding hydrogens is 306 g/mol. The summed E-state index contributed by atoms with van der Waals surface area (Å²) in [6.45, 7) is 2.35. The first-order chi connectivity index (χ1) is 11.6. The molecule has 3 rings (SSSR count). The maximum Gasteiger partial charge on any atom is 0.339 e. The molecule has 0 unspecified atom stereocenters. The van der Waals surface area contributed by atoms with E-state index in [9.17, 15) is 14.9 Å². The Morgan fingerprint density at radius 2 is 1.67 bits per heavy atom. The lowest BCUT2D eigenvalue weighted by atomic mass is 9.95. The van der Waals surface area contributed by atoms with E-state index in [-0.39, 0.29) is 12.3 Å². The fourth-order valence-electron chi connectivity index (χ4n) is 2.84. The van der Waals surface area contributed by atoms with Gasteiger partial charge >= 0.3 is 5.97 Å². The molecule has 0 saturated heterocycles. The second-order valence-corrected chi connectivity index (χ2v) is 5.68. The normalized spacial score (nSPS) is 14.0. The topological polar surface area (TPSA) is 69.4 Å². The highest BCUT2D eigenvalue weighted by Crippen LogP contribution is 2.33. The molecule has 1 aliphatic rings. The van der Waals surface area contributed by atoms with Crippen LogP contribution in [0.1, 0.15) is 30.0 Å². The standard InChI is InChI=1S/C19H17NO4/c1-2-3-13-4-6-14(7-5-13)17-12-24-19(21)18(17)15-8-10-16(11-9-15)20(22)23/h4-11H,2-3,12H2,1H3. The van der Waals surface area contributed by atoms with Crippen LogP contribution in [0.5, 0.6) is 0 Å². The number of aryl methyl sites for hydroxylation is 1. The third-order valence-electron chi connectivity index (χ3n) is 4.06. The van der Waals surface area contributed by atoms with Gasteiger partial charge in [0.2, 0.25) is 0 Å². The highest BCUT2D eigenvalue weighted by atomic mass is 16.6. The number of rotatable bonds is 5. The largest absolute Gasteiger partial charge is 0.457 e. The fourth-order valence-corrected chi connectivity index (χ4v) is 2.84. The third-order valence-corrected chi connectivity index (χ3v) is 4.06. The Morgan fingerprint density at radius 1 is 1.04 bits per heavy atom. The molecule has 1 aliphatic heterocycles. The van der Waals surface area contributed by atoms with Crippen molar-refractivity contribution in [1.82, 2.24) is 0 Å². The van der Waals surface area contributed by atoms with E-state index in [2.05, 4.69) is 19.1 Å². The molecule has 0 aliphatic carbocycles. The summed E-state index contributed by atoms with van der Waals surface area (Å²) < 4.78 is 5.20. The zero-order valence-corrected chi connectivity index (χ0v) is 13.3. The first-order valence-corrected chi connectivity index (χ1v) is 7.84. The minimum atomic E-state index is -0.460. The second kappa shape index (κ2) is 6.66. The first kappa shape index (κ1) is 15.9. The molecule has 24 heavy (non-hydrogen) atoms. The maximum absolute atomic E-state index is 12.1. The van der Waals surface area contributed by atoms with Gasteiger partial charge in [-0.15, -0.1) is 0 Å². The van der Waals surface area contributed by atoms with Crippen molar-refractivity contribution >= 4 is 22.8 Å². The van der Waals surface area contributed by atoms with Crippen LogP contribution < -0.4 is 0 Å². The van der Waals surface area contributed by atoms with Crippen molar-refractivity contribution in [3.05, 3.63) is 75.3 Å². The number of ether oxygens (including phenoxy) is 1. The van der Waals surface area contributed by atoms with E-state index < -0.39 is 10.9 Å². The van der Waals surface area contributed by atoms with Crippen LogP contribution in [0.2, 0.25) is 0 Å². The molecule has 0 atom stereocenters. The number of nitro benzene ring substituents is 1. The second-order valence-electron chi connectivity index (χ2n) is 5.68. The summed E-state index contributed by atoms with van der Waals surface area (Å²) in [5.74, 6) is -0.392. The van der Waals surface area contributed by atoms with Crippen LogP contribution in [-0.4, -0.2) is 17.5 Å². The van der Waals surface area contributed by atoms with Crippen LogP contribution in [0.4, 0.5) is 5.69 Å². The zero-order chi connectivity index (χ0) is 17.1. The Bertz CT molecular complexity index is 804. The third kappa shape index (κ3) is 3.06. The number of hydrogen-bond acceptors (Lipinski definition) is 4. The Kier molecular flexibility index (Phi) is 4.42. The van der Waals surface area contributed by atoms with Gasteiger partial charge in [-0.25, -0.2) is 4.79 Å². The average molecular weight is 323 g/mol. The quantitative estimate of drug-likeness (QED) is 0.473. The summed E-state index contributed by atoms with van der Waals surface area (Å²) in [6.07, 6.45) is 2.10. The SMILES string of the molecule is CCCc1ccc(C2=C(c3ccc([N+](=O)[O-])cc3)C(=O)OC2)cc1. The predicted octanol–water partition coefficient (Wildman–Crippen LogP) is 4.01. The Hall–Kier alpha value is -2.95. The van der Waals surface area contributed by atoms with Gasteiger partial charge in [-0.2, -0.15) is 0 Å². The van der Waals surface area contributed by atoms with E-state index in [1.165, 1.54) is 17.7 Å². The van der Waals surface area contributed by atoms with E-state index in [1.807, 2.05) is 12.1 Å². The van der Waals surface area contributed by atoms with Crippen molar-refractivity contribution in [1.29, 1.82) is 0 Å². The number of carbonyl (C=O) groups excluding carboxylic acids is 1. The number of hydrogen-bond donors (Lipinski definition) is 0. The van der Waals surface area contributed by atoms with Gasteiger partial charge < -0.3 is 4.74 Å². The molecular formula is C19H17NO4. The van der Waals surface area contributed by atoms with Crippen molar-refractivity contribution in [3.63, 3.8) is 0 Å². The van der Waals surface area contributed by atoms with Gasteiger partial charge in [-0.05, 0) is 35.2 Å². The predicted molar refractivity (Wildman–Crippen MR) is 91.3 cm³/mol. The fraction of sp³-hybridized carbons (Fsp3) is 0.211. The summed E-state index contributed by atoms with van der Waals surface area (Å²) in [7, 11) is 0. The van der Waals surface area contributed by atoms with Crippen molar-refractivity contribution in [3.8, 4) is 0 Å². The van der Waals surface area contributed by atoms with Crippen molar-refractivity contribution < 1.29 is 14.5 Å². The van der Waals surface area contributed by atoms with Crippen LogP contribution in [0.15, 0.2) is 48.5 Å². The lowest BCUT2D eigenvalue weighted by Crippen LogP contribution is -1.99. The van der Waals surface area contributed by atoms with Gasteiger partial charge in [0.05, 0.1) is 10.5 Å². The molecule has 122 valence electrons. The van der Waals surface area contributed by atoms with Gasteiger partial charge in [0.25, 0.3) is 5.69 Å². The minimum absolute atomic E-state index is 0.00353. The van der Waals surface area contributed by atoms with Crippen LogP contribution in [0.3, 0.4) is 0 Å². The molecule has 0 amide bonds. The summed E-state index contributed by atoms with van der Waals surface area (Å²) in [4.78, 5) is 22.4. The molecule has 0 saturated carbocycles. The Labute approximate surface area is 139 Å². The Morgan fingerprint density at radius 3 is 2.25 bits per heavy atom. The molecule has 0 aromatic heterocycles. The Balaban J connectivity index is 1.99. The lowest BCUT2D eigenvalue weighted by Gasteiger charge is -2.06. The zero-order valence-electron chi connectivity index (χ0n) is 13.3. The van der Waals surface area contributed by atoms with E-state index in [1.54, 1.807) is 12.1 Å². The number of carbonyl (C=O) groups is 1. The molecule has 5 heteroatoms. The van der Waals surface area contributed by atoms with Gasteiger partial charge in [0.15, 0.2) is 0 Å². The molecule has 0 bridgehead atoms. The number of nitrogens with zero attached hydrogens (tertiary/aromatic N) is 1. The molecule has 2 aromatic rings. The van der Waals surface area contributed by atoms with Gasteiger partial charge in [-0.3, -0.25) is 10.1 Å². The molecule has 2 aromatic carbocycles. The molecule has 0 fully saturated rings. The van der Waals surface area contributed by atoms with Crippen molar-refractivity contribution in [2.75, 3.05) is 6.61 Å². The van der Waals surface area contributed by atoms with E-state index in [0.29, 0.717) is 11.1 Å². The average Bonchev–Trinajstić information content (AvgIpc) is 2.97. The number of cyclic esters (lactones) is 1. The minimum Gasteiger partial charge on any atom is -0.457 e. The molecule has 5 nitrogen and oxygen atoms in total. The summed E-state index contributed by atoms with van der Waals surface area (Å²) in [5, 5.41) is 10.8. The number of nitro groups is 1. The van der Waals surface area contributed by atoms with E-state index in [4.69, 9.17) is 4.74 Å². The maximum atomic E-state index is 12.1. The summed E-state index contributed by atoms with van der Waals surface area (Å²) in [5.41, 5.74) is 4.12. The lowest BCUT2D eigenvalue weighted by molar-refractivity contribution is -0.384. The van der Waals surface area contributed by atoms with Crippen LogP contribution in [-0.2, 0) is 16.0 Å². The molecule has 0 spiro atoms. The molecule has 0 radical (unpaired) electrons. The smallest absolute Gasteiger partial charge is 0.339 e. The first-order valence-electron chi connectivity index (χ1n) is 7.84. The summed E-state index contributed by atoms with van der Waals surface area (Å²) >= 11 is 0. The monoisotopic (exact) mass is 323 g/mol. The van der Waals surface area contributed by atoms with Crippen molar-refractivity contribution in [2.24, 2.45) is 0 Å². The van der Waals surface area contributed by atoms with Crippen LogP contribution in [0, 0.1) is 10.1 Å². The van der Waals surface area contributed by atoms with Gasteiger partial charge in [-0.1, -0.05) is 37.6 Å². The number of benzene rings is 2. The molecule has 1 heterocycles.